The fraction of sp³-hybridized carbons (Fsp3) is 0.235. The number of furan rings is 1. The van der Waals surface area contributed by atoms with E-state index in [1.165, 1.54) is 4.90 Å². The monoisotopic (exact) mass is 327 g/mol. The van der Waals surface area contributed by atoms with Crippen molar-refractivity contribution in [3.8, 4) is 0 Å². The molecule has 0 aliphatic carbocycles. The number of methoxy groups -OCH3 is 1. The maximum absolute atomic E-state index is 12.4. The molecule has 1 aromatic carbocycles. The predicted octanol–water partition coefficient (Wildman–Crippen LogP) is 1.93. The van der Waals surface area contributed by atoms with Crippen LogP contribution in [0.4, 0.5) is 0 Å². The molecule has 0 fully saturated rings. The average molecular weight is 327 g/mol. The molecule has 0 bridgehead atoms. The number of aromatic nitrogens is 2. The van der Waals surface area contributed by atoms with Crippen LogP contribution in [-0.2, 0) is 17.9 Å². The molecule has 7 heteroatoms. The molecule has 0 unspecified atom stereocenters. The third-order valence-corrected chi connectivity index (χ3v) is 3.55. The maximum Gasteiger partial charge on any atom is 0.289 e. The van der Waals surface area contributed by atoms with Crippen molar-refractivity contribution < 1.29 is 13.9 Å². The highest BCUT2D eigenvalue weighted by Gasteiger charge is 2.17. The summed E-state index contributed by atoms with van der Waals surface area (Å²) in [6, 6.07) is 10.4. The average Bonchev–Trinajstić information content (AvgIpc) is 3.03. The fourth-order valence-corrected chi connectivity index (χ4v) is 2.41. The van der Waals surface area contributed by atoms with Crippen molar-refractivity contribution in [3.63, 3.8) is 0 Å². The van der Waals surface area contributed by atoms with E-state index >= 15 is 0 Å². The molecule has 0 saturated heterocycles. The van der Waals surface area contributed by atoms with Crippen LogP contribution in [-0.4, -0.2) is 34.9 Å². The molecule has 3 rings (SSSR count). The van der Waals surface area contributed by atoms with Gasteiger partial charge in [-0.1, -0.05) is 12.1 Å². The molecule has 0 spiro atoms. The number of carbonyl (C=O) groups excluding carboxylic acids is 1. The number of hydrogen-bond donors (Lipinski definition) is 1. The molecule has 1 amide bonds. The van der Waals surface area contributed by atoms with Gasteiger partial charge >= 0.3 is 0 Å². The van der Waals surface area contributed by atoms with Crippen LogP contribution in [0.25, 0.3) is 10.9 Å². The Labute approximate surface area is 137 Å². The molecule has 7 nitrogen and oxygen atoms in total. The van der Waals surface area contributed by atoms with Gasteiger partial charge in [-0.3, -0.25) is 9.59 Å². The molecule has 0 atom stereocenters. The largest absolute Gasteiger partial charge is 0.453 e. The van der Waals surface area contributed by atoms with Gasteiger partial charge in [-0.2, -0.15) is 0 Å². The molecule has 2 aromatic heterocycles. The summed E-state index contributed by atoms with van der Waals surface area (Å²) in [7, 11) is 3.17. The number of aromatic amines is 1. The number of carbonyl (C=O) groups is 1. The molecular weight excluding hydrogens is 310 g/mol. The number of H-pyrrole nitrogens is 1. The Morgan fingerprint density at radius 3 is 2.88 bits per heavy atom. The summed E-state index contributed by atoms with van der Waals surface area (Å²) in [4.78, 5) is 33.0. The van der Waals surface area contributed by atoms with Crippen LogP contribution in [0.3, 0.4) is 0 Å². The predicted molar refractivity (Wildman–Crippen MR) is 87.6 cm³/mol. The highest BCUT2D eigenvalue weighted by Crippen LogP contribution is 2.12. The van der Waals surface area contributed by atoms with Crippen LogP contribution in [0.15, 0.2) is 45.6 Å². The Bertz CT molecular complexity index is 929. The van der Waals surface area contributed by atoms with E-state index in [4.69, 9.17) is 9.15 Å². The Morgan fingerprint density at radius 2 is 2.08 bits per heavy atom. The van der Waals surface area contributed by atoms with Crippen molar-refractivity contribution in [3.05, 3.63) is 64.1 Å². The molecule has 124 valence electrons. The Kier molecular flexibility index (Phi) is 4.43. The molecule has 0 saturated carbocycles. The van der Waals surface area contributed by atoms with Gasteiger partial charge in [0.25, 0.3) is 11.5 Å². The van der Waals surface area contributed by atoms with Crippen molar-refractivity contribution in [2.45, 2.75) is 13.2 Å². The Balaban J connectivity index is 1.79. The van der Waals surface area contributed by atoms with Crippen LogP contribution < -0.4 is 5.56 Å². The van der Waals surface area contributed by atoms with E-state index in [9.17, 15) is 9.59 Å². The fourth-order valence-electron chi connectivity index (χ4n) is 2.41. The molecule has 0 aliphatic heterocycles. The van der Waals surface area contributed by atoms with Crippen molar-refractivity contribution in [1.29, 1.82) is 0 Å². The van der Waals surface area contributed by atoms with Gasteiger partial charge in [-0.15, -0.1) is 0 Å². The number of para-hydroxylation sites is 1. The van der Waals surface area contributed by atoms with E-state index in [-0.39, 0.29) is 23.8 Å². The molecule has 24 heavy (non-hydrogen) atoms. The minimum Gasteiger partial charge on any atom is -0.453 e. The quantitative estimate of drug-likeness (QED) is 0.773. The highest BCUT2D eigenvalue weighted by atomic mass is 16.5. The number of nitrogens with one attached hydrogen (secondary N) is 1. The number of nitrogens with zero attached hydrogens (tertiary/aromatic N) is 2. The second kappa shape index (κ2) is 6.67. The third kappa shape index (κ3) is 3.21. The SMILES string of the molecule is COCc1ccc(C(=O)N(C)Cc2nc3ccccc3c(=O)[nH]2)o1. The van der Waals surface area contributed by atoms with Crippen LogP contribution in [0.2, 0.25) is 0 Å². The smallest absolute Gasteiger partial charge is 0.289 e. The Morgan fingerprint density at radius 1 is 1.29 bits per heavy atom. The first-order chi connectivity index (χ1) is 11.6. The molecule has 2 heterocycles. The number of benzene rings is 1. The highest BCUT2D eigenvalue weighted by molar-refractivity contribution is 5.91. The van der Waals surface area contributed by atoms with Crippen LogP contribution >= 0.6 is 0 Å². The van der Waals surface area contributed by atoms with Crippen molar-refractivity contribution in [1.82, 2.24) is 14.9 Å². The second-order valence-corrected chi connectivity index (χ2v) is 5.39. The first-order valence-electron chi connectivity index (χ1n) is 7.39. The van der Waals surface area contributed by atoms with Gasteiger partial charge in [-0.05, 0) is 24.3 Å². The number of rotatable bonds is 5. The van der Waals surface area contributed by atoms with E-state index in [1.54, 1.807) is 44.5 Å². The third-order valence-electron chi connectivity index (χ3n) is 3.55. The van der Waals surface area contributed by atoms with Gasteiger partial charge in [0.05, 0.1) is 17.4 Å². The van der Waals surface area contributed by atoms with Crippen LogP contribution in [0.5, 0.6) is 0 Å². The first-order valence-corrected chi connectivity index (χ1v) is 7.39. The number of amides is 1. The summed E-state index contributed by atoms with van der Waals surface area (Å²) >= 11 is 0. The molecular formula is C17H17N3O4. The summed E-state index contributed by atoms with van der Waals surface area (Å²) < 4.78 is 10.4. The van der Waals surface area contributed by atoms with Crippen LogP contribution in [0.1, 0.15) is 22.1 Å². The number of ether oxygens (including phenoxy) is 1. The van der Waals surface area contributed by atoms with E-state index in [2.05, 4.69) is 9.97 Å². The zero-order chi connectivity index (χ0) is 17.1. The minimum atomic E-state index is -0.298. The zero-order valence-corrected chi connectivity index (χ0v) is 13.4. The van der Waals surface area contributed by atoms with E-state index in [0.717, 1.165) is 0 Å². The lowest BCUT2D eigenvalue weighted by molar-refractivity contribution is 0.0742. The topological polar surface area (TPSA) is 88.4 Å². The van der Waals surface area contributed by atoms with E-state index in [1.807, 2.05) is 6.07 Å². The van der Waals surface area contributed by atoms with Crippen molar-refractivity contribution >= 4 is 16.8 Å². The van der Waals surface area contributed by atoms with Gasteiger partial charge in [0.1, 0.15) is 18.2 Å². The lowest BCUT2D eigenvalue weighted by Gasteiger charge is -2.15. The normalized spacial score (nSPS) is 10.9. The minimum absolute atomic E-state index is 0.166. The van der Waals surface area contributed by atoms with Crippen molar-refractivity contribution in [2.24, 2.45) is 0 Å². The van der Waals surface area contributed by atoms with Gasteiger partial charge in [0.15, 0.2) is 5.76 Å². The van der Waals surface area contributed by atoms with Crippen LogP contribution in [0, 0.1) is 0 Å². The zero-order valence-electron chi connectivity index (χ0n) is 13.4. The molecule has 0 radical (unpaired) electrons. The number of fused-ring (bicyclic) bond motifs is 1. The summed E-state index contributed by atoms with van der Waals surface area (Å²) in [5.41, 5.74) is 0.370. The lowest BCUT2D eigenvalue weighted by Crippen LogP contribution is -2.28. The van der Waals surface area contributed by atoms with Gasteiger partial charge in [0, 0.05) is 14.2 Å². The summed E-state index contributed by atoms with van der Waals surface area (Å²) in [5.74, 6) is 0.908. The standard InChI is InChI=1S/C17H17N3O4/c1-20(17(22)14-8-7-11(24-14)10-23-2)9-15-18-13-6-4-3-5-12(13)16(21)19-15/h3-8H,9-10H2,1-2H3,(H,18,19,21). The summed E-state index contributed by atoms with van der Waals surface area (Å²) in [6.07, 6.45) is 0. The molecule has 1 N–H and O–H groups in total. The van der Waals surface area contributed by atoms with E-state index < -0.39 is 0 Å². The number of hydrogen-bond acceptors (Lipinski definition) is 5. The van der Waals surface area contributed by atoms with Gasteiger partial charge < -0.3 is 19.0 Å². The van der Waals surface area contributed by atoms with Gasteiger partial charge in [0.2, 0.25) is 0 Å². The molecule has 3 aromatic rings. The summed E-state index contributed by atoms with van der Waals surface area (Å²) in [5, 5.41) is 0.519. The van der Waals surface area contributed by atoms with Gasteiger partial charge in [-0.25, -0.2) is 4.98 Å². The summed E-state index contributed by atoms with van der Waals surface area (Å²) in [6.45, 7) is 0.468. The Hall–Kier alpha value is -2.93. The second-order valence-electron chi connectivity index (χ2n) is 5.39. The maximum atomic E-state index is 12.4. The first kappa shape index (κ1) is 15.9. The van der Waals surface area contributed by atoms with Crippen molar-refractivity contribution in [2.75, 3.05) is 14.2 Å². The van der Waals surface area contributed by atoms with E-state index in [0.29, 0.717) is 29.1 Å². The lowest BCUT2D eigenvalue weighted by atomic mass is 10.2. The molecule has 0 aliphatic rings.